The number of carbonyl (C=O) groups excluding carboxylic acids is 1. The summed E-state index contributed by atoms with van der Waals surface area (Å²) in [6, 6.07) is 15.4. The summed E-state index contributed by atoms with van der Waals surface area (Å²) >= 11 is 2.94. The van der Waals surface area contributed by atoms with Gasteiger partial charge in [0.05, 0.1) is 12.7 Å². The molecule has 1 saturated heterocycles. The molecule has 5 heteroatoms. The van der Waals surface area contributed by atoms with E-state index in [-0.39, 0.29) is 5.12 Å². The van der Waals surface area contributed by atoms with Crippen LogP contribution in [0, 0.1) is 0 Å². The molecule has 1 atom stereocenters. The monoisotopic (exact) mass is 344 g/mol. The number of hydrogen-bond donors (Lipinski definition) is 0. The fraction of sp³-hybridized carbons (Fsp3) is 0.167. The summed E-state index contributed by atoms with van der Waals surface area (Å²) in [6.45, 7) is 4.35. The number of rotatable bonds is 7. The van der Waals surface area contributed by atoms with Crippen molar-refractivity contribution in [2.75, 3.05) is 12.4 Å². The predicted molar refractivity (Wildman–Crippen MR) is 94.5 cm³/mol. The number of hydrogen-bond acceptors (Lipinski definition) is 5. The number of carbonyl (C=O) groups is 1. The van der Waals surface area contributed by atoms with E-state index in [1.807, 2.05) is 36.4 Å². The van der Waals surface area contributed by atoms with Crippen LogP contribution in [0.4, 0.5) is 0 Å². The van der Waals surface area contributed by atoms with Gasteiger partial charge in [0, 0.05) is 15.5 Å². The first kappa shape index (κ1) is 16.2. The van der Waals surface area contributed by atoms with Gasteiger partial charge in [-0.2, -0.15) is 0 Å². The van der Waals surface area contributed by atoms with Crippen LogP contribution in [0.3, 0.4) is 0 Å². The summed E-state index contributed by atoms with van der Waals surface area (Å²) in [5, 5.41) is -0.0663. The Morgan fingerprint density at radius 2 is 1.70 bits per heavy atom. The van der Waals surface area contributed by atoms with Crippen molar-refractivity contribution in [2.45, 2.75) is 15.9 Å². The lowest BCUT2D eigenvalue weighted by atomic mass is 10.3. The quantitative estimate of drug-likeness (QED) is 0.411. The molecule has 23 heavy (non-hydrogen) atoms. The SMILES string of the molecule is C=CC(=O)Sc1ccc(Oc2ccc(SCC3CO3)cc2)cc1. The van der Waals surface area contributed by atoms with Crippen LogP contribution < -0.4 is 4.74 Å². The van der Waals surface area contributed by atoms with Gasteiger partial charge >= 0.3 is 0 Å². The molecule has 118 valence electrons. The van der Waals surface area contributed by atoms with E-state index in [1.54, 1.807) is 11.8 Å². The molecule has 1 aliphatic heterocycles. The maximum absolute atomic E-state index is 11.3. The van der Waals surface area contributed by atoms with Crippen molar-refractivity contribution in [1.29, 1.82) is 0 Å². The second-order valence-corrected chi connectivity index (χ2v) is 7.11. The van der Waals surface area contributed by atoms with Gasteiger partial charge in [-0.1, -0.05) is 6.58 Å². The molecule has 0 radical (unpaired) electrons. The molecule has 0 aromatic heterocycles. The molecule has 0 saturated carbocycles. The maximum atomic E-state index is 11.3. The van der Waals surface area contributed by atoms with Crippen molar-refractivity contribution in [3.63, 3.8) is 0 Å². The van der Waals surface area contributed by atoms with E-state index >= 15 is 0 Å². The van der Waals surface area contributed by atoms with Crippen LogP contribution in [0.15, 0.2) is 71.0 Å². The Balaban J connectivity index is 1.55. The predicted octanol–water partition coefficient (Wildman–Crippen LogP) is 4.77. The summed E-state index contributed by atoms with van der Waals surface area (Å²) in [5.41, 5.74) is 0. The van der Waals surface area contributed by atoms with Crippen LogP contribution in [0.5, 0.6) is 11.5 Å². The first-order chi connectivity index (χ1) is 11.2. The van der Waals surface area contributed by atoms with E-state index in [2.05, 4.69) is 18.7 Å². The zero-order chi connectivity index (χ0) is 16.1. The van der Waals surface area contributed by atoms with Gasteiger partial charge in [-0.25, -0.2) is 0 Å². The van der Waals surface area contributed by atoms with E-state index in [0.717, 1.165) is 40.5 Å². The smallest absolute Gasteiger partial charge is 0.216 e. The molecule has 3 rings (SSSR count). The second-order valence-electron chi connectivity index (χ2n) is 4.94. The third kappa shape index (κ3) is 5.16. The summed E-state index contributed by atoms with van der Waals surface area (Å²) in [4.78, 5) is 13.4. The Morgan fingerprint density at radius 1 is 1.13 bits per heavy atom. The molecule has 2 aromatic carbocycles. The maximum Gasteiger partial charge on any atom is 0.216 e. The molecule has 1 heterocycles. The highest BCUT2D eigenvalue weighted by Crippen LogP contribution is 2.29. The summed E-state index contributed by atoms with van der Waals surface area (Å²) in [7, 11) is 0. The molecule has 0 bridgehead atoms. The van der Waals surface area contributed by atoms with Gasteiger partial charge in [0.1, 0.15) is 11.5 Å². The lowest BCUT2D eigenvalue weighted by Crippen LogP contribution is -1.89. The topological polar surface area (TPSA) is 38.8 Å². The van der Waals surface area contributed by atoms with Crippen LogP contribution in [0.2, 0.25) is 0 Å². The van der Waals surface area contributed by atoms with Crippen molar-refractivity contribution >= 4 is 28.6 Å². The first-order valence-electron chi connectivity index (χ1n) is 7.19. The minimum Gasteiger partial charge on any atom is -0.457 e. The number of benzene rings is 2. The van der Waals surface area contributed by atoms with E-state index in [1.165, 1.54) is 11.0 Å². The van der Waals surface area contributed by atoms with Gasteiger partial charge in [-0.05, 0) is 66.4 Å². The highest BCUT2D eigenvalue weighted by molar-refractivity contribution is 8.14. The average molecular weight is 344 g/mol. The fourth-order valence-corrected chi connectivity index (χ4v) is 3.31. The Hall–Kier alpha value is -1.69. The highest BCUT2D eigenvalue weighted by atomic mass is 32.2. The standard InChI is InChI=1S/C18H16O3S2/c1-2-18(19)23-17-9-5-14(6-10-17)21-13-3-7-16(8-4-13)22-12-15-11-20-15/h2-10,15H,1,11-12H2. The highest BCUT2D eigenvalue weighted by Gasteiger charge is 2.22. The van der Waals surface area contributed by atoms with Crippen LogP contribution in [0.1, 0.15) is 0 Å². The van der Waals surface area contributed by atoms with Crippen molar-refractivity contribution in [3.05, 3.63) is 61.2 Å². The van der Waals surface area contributed by atoms with Crippen LogP contribution in [-0.4, -0.2) is 23.6 Å². The molecule has 0 aliphatic carbocycles. The molecule has 0 N–H and O–H groups in total. The number of thioether (sulfide) groups is 2. The molecular weight excluding hydrogens is 328 g/mol. The van der Waals surface area contributed by atoms with E-state index in [9.17, 15) is 4.79 Å². The van der Waals surface area contributed by atoms with Gasteiger partial charge in [0.15, 0.2) is 0 Å². The van der Waals surface area contributed by atoms with Gasteiger partial charge in [-0.15, -0.1) is 11.8 Å². The molecule has 0 amide bonds. The van der Waals surface area contributed by atoms with Gasteiger partial charge in [0.2, 0.25) is 5.12 Å². The average Bonchev–Trinajstić information content (AvgIpc) is 3.40. The lowest BCUT2D eigenvalue weighted by Gasteiger charge is -2.07. The molecule has 1 aliphatic rings. The van der Waals surface area contributed by atoms with E-state index < -0.39 is 0 Å². The summed E-state index contributed by atoms with van der Waals surface area (Å²) in [5.74, 6) is 2.54. The Kier molecular flexibility index (Phi) is 5.43. The third-order valence-electron chi connectivity index (χ3n) is 3.11. The number of epoxide rings is 1. The Labute approximate surface area is 144 Å². The summed E-state index contributed by atoms with van der Waals surface area (Å²) in [6.07, 6.45) is 1.74. The molecule has 1 fully saturated rings. The van der Waals surface area contributed by atoms with Crippen molar-refractivity contribution in [1.82, 2.24) is 0 Å². The van der Waals surface area contributed by atoms with Crippen molar-refractivity contribution < 1.29 is 14.3 Å². The molecule has 2 aromatic rings. The van der Waals surface area contributed by atoms with Crippen molar-refractivity contribution in [3.8, 4) is 11.5 Å². The largest absolute Gasteiger partial charge is 0.457 e. The zero-order valence-electron chi connectivity index (χ0n) is 12.4. The van der Waals surface area contributed by atoms with E-state index in [0.29, 0.717) is 6.10 Å². The van der Waals surface area contributed by atoms with Gasteiger partial charge in [-0.3, -0.25) is 4.79 Å². The second kappa shape index (κ2) is 7.73. The van der Waals surface area contributed by atoms with Crippen LogP contribution >= 0.6 is 23.5 Å². The molecular formula is C18H16O3S2. The zero-order valence-corrected chi connectivity index (χ0v) is 14.1. The normalized spacial score (nSPS) is 15.9. The first-order valence-corrected chi connectivity index (χ1v) is 9.00. The van der Waals surface area contributed by atoms with E-state index in [4.69, 9.17) is 9.47 Å². The Bertz CT molecular complexity index is 676. The third-order valence-corrected chi connectivity index (χ3v) is 5.13. The summed E-state index contributed by atoms with van der Waals surface area (Å²) < 4.78 is 11.0. The number of ether oxygens (including phenoxy) is 2. The lowest BCUT2D eigenvalue weighted by molar-refractivity contribution is -0.107. The molecule has 1 unspecified atom stereocenters. The van der Waals surface area contributed by atoms with Crippen LogP contribution in [-0.2, 0) is 9.53 Å². The van der Waals surface area contributed by atoms with Gasteiger partial charge in [0.25, 0.3) is 0 Å². The minimum atomic E-state index is -0.0663. The van der Waals surface area contributed by atoms with Crippen LogP contribution in [0.25, 0.3) is 0 Å². The Morgan fingerprint density at radius 3 is 2.22 bits per heavy atom. The van der Waals surface area contributed by atoms with Gasteiger partial charge < -0.3 is 9.47 Å². The minimum absolute atomic E-state index is 0.0663. The molecule has 3 nitrogen and oxygen atoms in total. The van der Waals surface area contributed by atoms with Crippen molar-refractivity contribution in [2.24, 2.45) is 0 Å². The fourth-order valence-electron chi connectivity index (χ4n) is 1.83. The molecule has 0 spiro atoms.